The third-order valence-corrected chi connectivity index (χ3v) is 4.09. The van der Waals surface area contributed by atoms with Crippen molar-refractivity contribution in [1.82, 2.24) is 25.4 Å². The maximum absolute atomic E-state index is 5.34. The number of rotatable bonds is 9. The highest BCUT2D eigenvalue weighted by atomic mass is 127. The minimum atomic E-state index is 0. The smallest absolute Gasteiger partial charge is 0.191 e. The molecule has 1 aromatic rings. The van der Waals surface area contributed by atoms with E-state index in [0.29, 0.717) is 0 Å². The number of nitrogens with zero attached hydrogens (tertiary/aromatic N) is 4. The van der Waals surface area contributed by atoms with Crippen molar-refractivity contribution >= 4 is 29.9 Å². The fourth-order valence-electron chi connectivity index (χ4n) is 2.87. The zero-order chi connectivity index (χ0) is 17.0. The fraction of sp³-hybridized carbons (Fsp3) is 0.824. The molecule has 0 saturated carbocycles. The summed E-state index contributed by atoms with van der Waals surface area (Å²) in [6.45, 7) is 9.14. The van der Waals surface area contributed by atoms with Gasteiger partial charge >= 0.3 is 0 Å². The normalized spacial score (nSPS) is 14.4. The second kappa shape index (κ2) is 13.3. The Morgan fingerprint density at radius 3 is 2.88 bits per heavy atom. The number of ether oxygens (including phenoxy) is 1. The molecule has 8 heteroatoms. The van der Waals surface area contributed by atoms with Crippen LogP contribution in [0, 0.1) is 0 Å². The number of hydrogen-bond acceptors (Lipinski definition) is 4. The topological polar surface area (TPSA) is 76.4 Å². The predicted octanol–water partition coefficient (Wildman–Crippen LogP) is 2.15. The first-order valence-corrected chi connectivity index (χ1v) is 9.36. The summed E-state index contributed by atoms with van der Waals surface area (Å²) in [5.74, 6) is 3.11. The summed E-state index contributed by atoms with van der Waals surface area (Å²) in [5.41, 5.74) is 0. The Morgan fingerprint density at radius 1 is 1.20 bits per heavy atom. The molecule has 0 amide bonds. The number of guanidine groups is 1. The van der Waals surface area contributed by atoms with E-state index in [1.54, 1.807) is 0 Å². The summed E-state index contributed by atoms with van der Waals surface area (Å²) < 4.78 is 7.65. The molecule has 0 bridgehead atoms. The van der Waals surface area contributed by atoms with Crippen LogP contribution in [0.5, 0.6) is 0 Å². The first kappa shape index (κ1) is 22.1. The number of aliphatic imine (C=N–C) groups is 1. The molecule has 0 atom stereocenters. The zero-order valence-electron chi connectivity index (χ0n) is 15.6. The molecule has 7 nitrogen and oxygen atoms in total. The number of aromatic nitrogens is 3. The maximum Gasteiger partial charge on any atom is 0.191 e. The minimum Gasteiger partial charge on any atom is -0.382 e. The van der Waals surface area contributed by atoms with Crippen LogP contribution in [0.15, 0.2) is 4.99 Å². The van der Waals surface area contributed by atoms with E-state index in [-0.39, 0.29) is 24.0 Å². The van der Waals surface area contributed by atoms with Crippen LogP contribution in [0.2, 0.25) is 0 Å². The van der Waals surface area contributed by atoms with E-state index in [4.69, 9.17) is 4.74 Å². The molecule has 144 valence electrons. The highest BCUT2D eigenvalue weighted by Gasteiger charge is 2.14. The third kappa shape index (κ3) is 7.89. The minimum absolute atomic E-state index is 0. The van der Waals surface area contributed by atoms with Crippen LogP contribution >= 0.6 is 24.0 Å². The van der Waals surface area contributed by atoms with E-state index in [1.165, 1.54) is 19.3 Å². The summed E-state index contributed by atoms with van der Waals surface area (Å²) in [7, 11) is 0. The van der Waals surface area contributed by atoms with Gasteiger partial charge in [-0.2, -0.15) is 0 Å². The van der Waals surface area contributed by atoms with E-state index >= 15 is 0 Å². The molecule has 0 radical (unpaired) electrons. The lowest BCUT2D eigenvalue weighted by Gasteiger charge is -2.12. The van der Waals surface area contributed by atoms with E-state index in [9.17, 15) is 0 Å². The van der Waals surface area contributed by atoms with Gasteiger partial charge in [-0.3, -0.25) is 4.99 Å². The van der Waals surface area contributed by atoms with E-state index in [2.05, 4.69) is 37.3 Å². The van der Waals surface area contributed by atoms with Crippen LogP contribution in [0.3, 0.4) is 0 Å². The van der Waals surface area contributed by atoms with Crippen molar-refractivity contribution in [2.24, 2.45) is 4.99 Å². The van der Waals surface area contributed by atoms with Gasteiger partial charge in [0.2, 0.25) is 0 Å². The van der Waals surface area contributed by atoms with Gasteiger partial charge in [0.05, 0.1) is 0 Å². The molecule has 2 rings (SSSR count). The molecule has 0 spiro atoms. The molecule has 0 unspecified atom stereocenters. The Kier molecular flexibility index (Phi) is 11.8. The second-order valence-corrected chi connectivity index (χ2v) is 5.98. The first-order valence-electron chi connectivity index (χ1n) is 9.36. The summed E-state index contributed by atoms with van der Waals surface area (Å²) in [6, 6.07) is 0. The molecule has 1 aliphatic rings. The van der Waals surface area contributed by atoms with Gasteiger partial charge in [-0.05, 0) is 33.1 Å². The van der Waals surface area contributed by atoms with Gasteiger partial charge in [-0.15, -0.1) is 34.2 Å². The molecule has 1 aromatic heterocycles. The van der Waals surface area contributed by atoms with E-state index in [0.717, 1.165) is 76.3 Å². The number of halogens is 1. The number of nitrogens with one attached hydrogen (secondary N) is 2. The van der Waals surface area contributed by atoms with Crippen LogP contribution in [0.4, 0.5) is 0 Å². The molecular formula is C17H33IN6O. The zero-order valence-corrected chi connectivity index (χ0v) is 17.9. The molecule has 0 aliphatic carbocycles. The van der Waals surface area contributed by atoms with Gasteiger partial charge in [0.25, 0.3) is 0 Å². The van der Waals surface area contributed by atoms with Crippen molar-refractivity contribution in [3.8, 4) is 0 Å². The Morgan fingerprint density at radius 2 is 2.08 bits per heavy atom. The van der Waals surface area contributed by atoms with Crippen LogP contribution in [-0.4, -0.2) is 53.6 Å². The summed E-state index contributed by atoms with van der Waals surface area (Å²) >= 11 is 0. The molecule has 25 heavy (non-hydrogen) atoms. The third-order valence-electron chi connectivity index (χ3n) is 4.09. The average Bonchev–Trinajstić information content (AvgIpc) is 2.81. The van der Waals surface area contributed by atoms with Crippen molar-refractivity contribution < 1.29 is 4.74 Å². The standard InChI is InChI=1S/C17H32N6O.HI/c1-3-18-17(19-11-8-14-24-4-2)20-12-10-16-22-21-15-9-6-5-7-13-23(15)16;/h3-14H2,1-2H3,(H2,18,19,20);1H. The Bertz CT molecular complexity index is 505. The lowest BCUT2D eigenvalue weighted by atomic mass is 10.2. The summed E-state index contributed by atoms with van der Waals surface area (Å²) in [6.07, 6.45) is 6.63. The maximum atomic E-state index is 5.34. The molecule has 0 fully saturated rings. The molecule has 0 saturated heterocycles. The lowest BCUT2D eigenvalue weighted by Crippen LogP contribution is -2.38. The van der Waals surface area contributed by atoms with Gasteiger partial charge in [0.15, 0.2) is 5.96 Å². The Hall–Kier alpha value is -0.900. The molecule has 1 aliphatic heterocycles. The van der Waals surface area contributed by atoms with Gasteiger partial charge in [0, 0.05) is 52.2 Å². The van der Waals surface area contributed by atoms with Crippen molar-refractivity contribution in [1.29, 1.82) is 0 Å². The Labute approximate surface area is 168 Å². The van der Waals surface area contributed by atoms with Crippen molar-refractivity contribution in [2.45, 2.75) is 58.9 Å². The van der Waals surface area contributed by atoms with Gasteiger partial charge < -0.3 is 19.9 Å². The lowest BCUT2D eigenvalue weighted by molar-refractivity contribution is 0.146. The fourth-order valence-corrected chi connectivity index (χ4v) is 2.87. The van der Waals surface area contributed by atoms with Gasteiger partial charge in [-0.1, -0.05) is 6.42 Å². The van der Waals surface area contributed by atoms with E-state index < -0.39 is 0 Å². The van der Waals surface area contributed by atoms with Gasteiger partial charge in [-0.25, -0.2) is 0 Å². The molecule has 2 N–H and O–H groups in total. The predicted molar refractivity (Wildman–Crippen MR) is 112 cm³/mol. The summed E-state index contributed by atoms with van der Waals surface area (Å²) in [4.78, 5) is 4.58. The quantitative estimate of drug-likeness (QED) is 0.254. The van der Waals surface area contributed by atoms with Crippen LogP contribution in [0.1, 0.15) is 51.2 Å². The average molecular weight is 464 g/mol. The number of aryl methyl sites for hydroxylation is 1. The van der Waals surface area contributed by atoms with E-state index in [1.807, 2.05) is 6.92 Å². The Balaban J connectivity index is 0.00000312. The van der Waals surface area contributed by atoms with Crippen molar-refractivity contribution in [3.05, 3.63) is 11.6 Å². The van der Waals surface area contributed by atoms with Crippen LogP contribution in [-0.2, 0) is 24.1 Å². The van der Waals surface area contributed by atoms with Crippen molar-refractivity contribution in [2.75, 3.05) is 32.8 Å². The second-order valence-electron chi connectivity index (χ2n) is 5.98. The first-order chi connectivity index (χ1) is 11.8. The van der Waals surface area contributed by atoms with Crippen LogP contribution < -0.4 is 10.6 Å². The molecule has 0 aromatic carbocycles. The SMILES string of the molecule is CCNC(=NCCCOCC)NCCc1nnc2n1CCCCC2.I. The van der Waals surface area contributed by atoms with Gasteiger partial charge in [0.1, 0.15) is 11.6 Å². The highest BCUT2D eigenvalue weighted by molar-refractivity contribution is 14.0. The number of fused-ring (bicyclic) bond motifs is 1. The van der Waals surface area contributed by atoms with Crippen LogP contribution in [0.25, 0.3) is 0 Å². The number of hydrogen-bond donors (Lipinski definition) is 2. The largest absolute Gasteiger partial charge is 0.382 e. The van der Waals surface area contributed by atoms with Crippen molar-refractivity contribution in [3.63, 3.8) is 0 Å². The molecular weight excluding hydrogens is 431 g/mol. The monoisotopic (exact) mass is 464 g/mol. The molecule has 2 heterocycles. The highest BCUT2D eigenvalue weighted by Crippen LogP contribution is 2.14. The summed E-state index contributed by atoms with van der Waals surface area (Å²) in [5, 5.41) is 15.4.